The molecule has 0 spiro atoms. The van der Waals surface area contributed by atoms with Crippen LogP contribution >= 0.6 is 43.6 Å². The second-order valence-corrected chi connectivity index (χ2v) is 8.55. The SMILES string of the molecule is C#CCOc1c(Br)cc(/C=C2\SC(=Nc3ccc(CC)cc3)NC2=O)cc1Br. The first-order chi connectivity index (χ1) is 13.5. The summed E-state index contributed by atoms with van der Waals surface area (Å²) in [6.45, 7) is 2.28. The number of amides is 1. The minimum Gasteiger partial charge on any atom is -0.479 e. The van der Waals surface area contributed by atoms with Crippen molar-refractivity contribution in [2.45, 2.75) is 13.3 Å². The number of carbonyl (C=O) groups excluding carboxylic acids is 1. The van der Waals surface area contributed by atoms with Crippen LogP contribution in [0.1, 0.15) is 18.1 Å². The van der Waals surface area contributed by atoms with E-state index in [-0.39, 0.29) is 12.5 Å². The first-order valence-corrected chi connectivity index (χ1v) is 10.8. The molecule has 1 aliphatic heterocycles. The van der Waals surface area contributed by atoms with Gasteiger partial charge in [-0.05, 0) is 91.5 Å². The van der Waals surface area contributed by atoms with Crippen LogP contribution in [0.15, 0.2) is 55.2 Å². The molecule has 0 saturated carbocycles. The molecule has 1 saturated heterocycles. The molecule has 2 aromatic carbocycles. The van der Waals surface area contributed by atoms with Crippen molar-refractivity contribution in [1.82, 2.24) is 5.32 Å². The summed E-state index contributed by atoms with van der Waals surface area (Å²) in [6.07, 6.45) is 8.03. The van der Waals surface area contributed by atoms with E-state index in [1.54, 1.807) is 0 Å². The third-order valence-electron chi connectivity index (χ3n) is 3.84. The number of thioether (sulfide) groups is 1. The van der Waals surface area contributed by atoms with Crippen LogP contribution in [-0.2, 0) is 11.2 Å². The van der Waals surface area contributed by atoms with Crippen molar-refractivity contribution in [3.63, 3.8) is 0 Å². The van der Waals surface area contributed by atoms with E-state index in [9.17, 15) is 4.79 Å². The van der Waals surface area contributed by atoms with Gasteiger partial charge < -0.3 is 10.1 Å². The molecule has 1 aliphatic rings. The first-order valence-electron chi connectivity index (χ1n) is 8.44. The summed E-state index contributed by atoms with van der Waals surface area (Å²) in [6, 6.07) is 11.7. The van der Waals surface area contributed by atoms with Crippen molar-refractivity contribution < 1.29 is 9.53 Å². The number of aryl methyl sites for hydroxylation is 1. The number of nitrogens with zero attached hydrogens (tertiary/aromatic N) is 1. The highest BCUT2D eigenvalue weighted by Crippen LogP contribution is 2.36. The third kappa shape index (κ3) is 5.07. The minimum atomic E-state index is -0.172. The molecule has 0 radical (unpaired) electrons. The molecule has 0 aromatic heterocycles. The summed E-state index contributed by atoms with van der Waals surface area (Å²) < 4.78 is 7.00. The lowest BCUT2D eigenvalue weighted by Crippen LogP contribution is -2.19. The van der Waals surface area contributed by atoms with E-state index < -0.39 is 0 Å². The number of halogens is 2. The van der Waals surface area contributed by atoms with Crippen LogP contribution in [0.5, 0.6) is 5.75 Å². The van der Waals surface area contributed by atoms with E-state index in [4.69, 9.17) is 11.2 Å². The van der Waals surface area contributed by atoms with Gasteiger partial charge in [0.25, 0.3) is 5.91 Å². The van der Waals surface area contributed by atoms with Gasteiger partial charge in [-0.15, -0.1) is 6.42 Å². The smallest absolute Gasteiger partial charge is 0.264 e. The molecule has 0 aliphatic carbocycles. The number of ether oxygens (including phenoxy) is 1. The van der Waals surface area contributed by atoms with Gasteiger partial charge in [0.1, 0.15) is 12.4 Å². The fourth-order valence-corrected chi connectivity index (χ4v) is 4.76. The number of benzene rings is 2. The number of terminal acetylenes is 1. The molecule has 28 heavy (non-hydrogen) atoms. The molecule has 7 heteroatoms. The van der Waals surface area contributed by atoms with Gasteiger partial charge in [0.2, 0.25) is 0 Å². The zero-order chi connectivity index (χ0) is 20.1. The predicted octanol–water partition coefficient (Wildman–Crippen LogP) is 5.68. The number of hydrogen-bond acceptors (Lipinski definition) is 4. The molecule has 0 unspecified atom stereocenters. The van der Waals surface area contributed by atoms with E-state index in [0.717, 1.165) is 26.6 Å². The minimum absolute atomic E-state index is 0.172. The molecule has 1 heterocycles. The molecule has 1 fully saturated rings. The second kappa shape index (κ2) is 9.46. The zero-order valence-corrected chi connectivity index (χ0v) is 18.9. The van der Waals surface area contributed by atoms with Gasteiger partial charge in [-0.3, -0.25) is 4.79 Å². The Morgan fingerprint density at radius 3 is 2.54 bits per heavy atom. The number of aliphatic imine (C=N–C) groups is 1. The summed E-state index contributed by atoms with van der Waals surface area (Å²) in [5.41, 5.74) is 2.90. The summed E-state index contributed by atoms with van der Waals surface area (Å²) >= 11 is 8.26. The van der Waals surface area contributed by atoms with Gasteiger partial charge in [-0.1, -0.05) is 25.0 Å². The van der Waals surface area contributed by atoms with E-state index in [1.807, 2.05) is 42.5 Å². The van der Waals surface area contributed by atoms with Crippen molar-refractivity contribution in [3.05, 3.63) is 61.4 Å². The maximum absolute atomic E-state index is 12.3. The van der Waals surface area contributed by atoms with Crippen molar-refractivity contribution in [2.75, 3.05) is 6.61 Å². The quantitative estimate of drug-likeness (QED) is 0.408. The monoisotopic (exact) mass is 518 g/mol. The lowest BCUT2D eigenvalue weighted by Gasteiger charge is -2.09. The Hall–Kier alpha value is -2.01. The lowest BCUT2D eigenvalue weighted by atomic mass is 10.2. The normalized spacial score (nSPS) is 16.3. The zero-order valence-electron chi connectivity index (χ0n) is 15.0. The third-order valence-corrected chi connectivity index (χ3v) is 5.93. The van der Waals surface area contributed by atoms with Gasteiger partial charge in [0.15, 0.2) is 5.17 Å². The van der Waals surface area contributed by atoms with Crippen LogP contribution in [0.2, 0.25) is 0 Å². The molecular weight excluding hydrogens is 504 g/mol. The highest BCUT2D eigenvalue weighted by molar-refractivity contribution is 9.11. The standard InChI is InChI=1S/C21H16Br2N2O2S/c1-3-9-27-19-16(22)10-14(11-17(19)23)12-18-20(26)25-21(28-18)24-15-7-5-13(4-2)6-8-15/h1,5-8,10-12H,4,9H2,2H3,(H,24,25,26)/b18-12-. The van der Waals surface area contributed by atoms with Crippen LogP contribution in [0.3, 0.4) is 0 Å². The Balaban J connectivity index is 1.80. The number of amidine groups is 1. The largest absolute Gasteiger partial charge is 0.479 e. The van der Waals surface area contributed by atoms with Crippen molar-refractivity contribution >= 4 is 66.5 Å². The van der Waals surface area contributed by atoms with Crippen molar-refractivity contribution in [2.24, 2.45) is 4.99 Å². The summed E-state index contributed by atoms with van der Waals surface area (Å²) in [5.74, 6) is 2.89. The molecule has 0 atom stereocenters. The fourth-order valence-electron chi connectivity index (χ4n) is 2.47. The molecule has 0 bridgehead atoms. The molecule has 142 valence electrons. The molecule has 1 amide bonds. The first kappa shape index (κ1) is 20.7. The van der Waals surface area contributed by atoms with Gasteiger partial charge in [0, 0.05) is 0 Å². The topological polar surface area (TPSA) is 50.7 Å². The summed E-state index contributed by atoms with van der Waals surface area (Å²) in [7, 11) is 0. The Morgan fingerprint density at radius 1 is 1.25 bits per heavy atom. The van der Waals surface area contributed by atoms with Crippen molar-refractivity contribution in [3.8, 4) is 18.1 Å². The average Bonchev–Trinajstić information content (AvgIpc) is 3.00. The van der Waals surface area contributed by atoms with Crippen LogP contribution in [-0.4, -0.2) is 17.7 Å². The van der Waals surface area contributed by atoms with Gasteiger partial charge in [0.05, 0.1) is 19.5 Å². The van der Waals surface area contributed by atoms with E-state index in [1.165, 1.54) is 17.3 Å². The Morgan fingerprint density at radius 2 is 1.93 bits per heavy atom. The maximum atomic E-state index is 12.3. The molecule has 2 aromatic rings. The summed E-state index contributed by atoms with van der Waals surface area (Å²) in [5, 5.41) is 3.37. The summed E-state index contributed by atoms with van der Waals surface area (Å²) in [4.78, 5) is 17.4. The predicted molar refractivity (Wildman–Crippen MR) is 123 cm³/mol. The van der Waals surface area contributed by atoms with E-state index >= 15 is 0 Å². The number of carbonyl (C=O) groups is 1. The number of rotatable bonds is 5. The van der Waals surface area contributed by atoms with E-state index in [2.05, 4.69) is 55.0 Å². The van der Waals surface area contributed by atoms with Crippen molar-refractivity contribution in [1.29, 1.82) is 0 Å². The van der Waals surface area contributed by atoms with E-state index in [0.29, 0.717) is 15.8 Å². The van der Waals surface area contributed by atoms with Crippen LogP contribution < -0.4 is 10.1 Å². The molecule has 3 rings (SSSR count). The molecular formula is C21H16Br2N2O2S. The van der Waals surface area contributed by atoms with Crippen LogP contribution in [0.25, 0.3) is 6.08 Å². The number of hydrogen-bond donors (Lipinski definition) is 1. The number of nitrogens with one attached hydrogen (secondary N) is 1. The Bertz CT molecular complexity index is 985. The fraction of sp³-hybridized carbons (Fsp3) is 0.143. The highest BCUT2D eigenvalue weighted by Gasteiger charge is 2.24. The average molecular weight is 520 g/mol. The van der Waals surface area contributed by atoms with Crippen LogP contribution in [0.4, 0.5) is 5.69 Å². The van der Waals surface area contributed by atoms with Gasteiger partial charge in [-0.25, -0.2) is 4.99 Å². The maximum Gasteiger partial charge on any atom is 0.264 e. The lowest BCUT2D eigenvalue weighted by molar-refractivity contribution is -0.115. The Kier molecular flexibility index (Phi) is 7.00. The molecule has 4 nitrogen and oxygen atoms in total. The highest BCUT2D eigenvalue weighted by atomic mass is 79.9. The molecule has 1 N–H and O–H groups in total. The second-order valence-electron chi connectivity index (χ2n) is 5.81. The van der Waals surface area contributed by atoms with Gasteiger partial charge >= 0.3 is 0 Å². The van der Waals surface area contributed by atoms with Crippen LogP contribution in [0, 0.1) is 12.3 Å². The van der Waals surface area contributed by atoms with Gasteiger partial charge in [-0.2, -0.15) is 0 Å². The Labute approximate surface area is 185 Å².